The lowest BCUT2D eigenvalue weighted by atomic mass is 10.0. The molecular formula is C27H55NO. The number of nitrogens with zero attached hydrogens (tertiary/aromatic N) is 1. The first-order valence-corrected chi connectivity index (χ1v) is 13.5. The summed E-state index contributed by atoms with van der Waals surface area (Å²) < 4.78 is 0. The maximum absolute atomic E-state index is 9.24. The van der Waals surface area contributed by atoms with Gasteiger partial charge in [0.25, 0.3) is 0 Å². The van der Waals surface area contributed by atoms with Crippen LogP contribution in [0.4, 0.5) is 0 Å². The Labute approximate surface area is 184 Å². The minimum atomic E-state index is 1.01. The third-order valence-corrected chi connectivity index (χ3v) is 6.28. The molecule has 0 amide bonds. The Morgan fingerprint density at radius 1 is 0.414 bits per heavy atom. The molecule has 0 atom stereocenters. The zero-order valence-corrected chi connectivity index (χ0v) is 20.4. The molecule has 0 aliphatic heterocycles. The largest absolute Gasteiger partial charge is 0.411 e. The van der Waals surface area contributed by atoms with Crippen molar-refractivity contribution in [3.63, 3.8) is 0 Å². The summed E-state index contributed by atoms with van der Waals surface area (Å²) in [6, 6.07) is 0. The van der Waals surface area contributed by atoms with Crippen molar-refractivity contribution in [3.8, 4) is 0 Å². The molecule has 1 N–H and O–H groups in total. The first-order valence-electron chi connectivity index (χ1n) is 13.5. The zero-order chi connectivity index (χ0) is 21.3. The van der Waals surface area contributed by atoms with Crippen LogP contribution in [0, 0.1) is 0 Å². The van der Waals surface area contributed by atoms with Gasteiger partial charge in [0, 0.05) is 0 Å². The third-order valence-electron chi connectivity index (χ3n) is 6.28. The standard InChI is InChI=1S/C27H55NO/c1-3-5-7-9-11-13-15-17-19-21-23-25-27(28-29)26-24-22-20-18-16-14-12-10-8-6-4-2/h29H,3-26H2,1-2H3. The molecule has 0 aromatic heterocycles. The lowest BCUT2D eigenvalue weighted by molar-refractivity contribution is 0.315. The van der Waals surface area contributed by atoms with E-state index in [0.717, 1.165) is 18.6 Å². The Morgan fingerprint density at radius 2 is 0.655 bits per heavy atom. The van der Waals surface area contributed by atoms with Crippen molar-refractivity contribution in [2.24, 2.45) is 5.16 Å². The SMILES string of the molecule is CCCCCCCCCCCCCC(CCCCCCCCCCCCC)=NO. The Morgan fingerprint density at radius 3 is 0.897 bits per heavy atom. The number of oxime groups is 1. The molecule has 2 nitrogen and oxygen atoms in total. The smallest absolute Gasteiger partial charge is 0.0570 e. The average Bonchev–Trinajstić information content (AvgIpc) is 2.74. The van der Waals surface area contributed by atoms with Gasteiger partial charge in [-0.05, 0) is 25.7 Å². The average molecular weight is 410 g/mol. The zero-order valence-electron chi connectivity index (χ0n) is 20.4. The van der Waals surface area contributed by atoms with E-state index in [-0.39, 0.29) is 0 Å². The summed E-state index contributed by atoms with van der Waals surface area (Å²) in [4.78, 5) is 0. The van der Waals surface area contributed by atoms with Crippen molar-refractivity contribution in [3.05, 3.63) is 0 Å². The molecule has 0 rings (SSSR count). The first-order chi connectivity index (χ1) is 14.3. The van der Waals surface area contributed by atoms with E-state index in [2.05, 4.69) is 19.0 Å². The maximum atomic E-state index is 9.24. The summed E-state index contributed by atoms with van der Waals surface area (Å²) >= 11 is 0. The van der Waals surface area contributed by atoms with Crippen molar-refractivity contribution >= 4 is 5.71 Å². The quantitative estimate of drug-likeness (QED) is 0.0731. The second kappa shape index (κ2) is 25.5. The fourth-order valence-corrected chi connectivity index (χ4v) is 4.21. The molecule has 0 aromatic rings. The highest BCUT2D eigenvalue weighted by molar-refractivity contribution is 5.83. The van der Waals surface area contributed by atoms with Crippen LogP contribution in [0.15, 0.2) is 5.16 Å². The molecule has 0 aromatic carbocycles. The minimum Gasteiger partial charge on any atom is -0.411 e. The molecule has 0 aliphatic carbocycles. The monoisotopic (exact) mass is 409 g/mol. The van der Waals surface area contributed by atoms with E-state index in [0.29, 0.717) is 0 Å². The van der Waals surface area contributed by atoms with Gasteiger partial charge in [0.1, 0.15) is 0 Å². The van der Waals surface area contributed by atoms with Crippen molar-refractivity contribution in [2.45, 2.75) is 168 Å². The van der Waals surface area contributed by atoms with Gasteiger partial charge < -0.3 is 5.21 Å². The topological polar surface area (TPSA) is 32.6 Å². The Balaban J connectivity index is 3.30. The number of hydrogen-bond acceptors (Lipinski definition) is 2. The lowest BCUT2D eigenvalue weighted by Crippen LogP contribution is -1.99. The highest BCUT2D eigenvalue weighted by Gasteiger charge is 2.01. The van der Waals surface area contributed by atoms with Crippen LogP contribution in [-0.2, 0) is 0 Å². The Kier molecular flexibility index (Phi) is 25.0. The molecular weight excluding hydrogens is 354 g/mol. The summed E-state index contributed by atoms with van der Waals surface area (Å²) in [5, 5.41) is 12.8. The van der Waals surface area contributed by atoms with Gasteiger partial charge in [-0.1, -0.05) is 147 Å². The summed E-state index contributed by atoms with van der Waals surface area (Å²) in [6.07, 6.45) is 32.3. The molecule has 0 aliphatic rings. The molecule has 29 heavy (non-hydrogen) atoms. The molecule has 0 spiro atoms. The van der Waals surface area contributed by atoms with Crippen LogP contribution in [0.1, 0.15) is 168 Å². The van der Waals surface area contributed by atoms with Crippen molar-refractivity contribution in [2.75, 3.05) is 0 Å². The fourth-order valence-electron chi connectivity index (χ4n) is 4.21. The summed E-state index contributed by atoms with van der Waals surface area (Å²) in [6.45, 7) is 4.57. The van der Waals surface area contributed by atoms with Gasteiger partial charge in [-0.3, -0.25) is 0 Å². The summed E-state index contributed by atoms with van der Waals surface area (Å²) in [7, 11) is 0. The van der Waals surface area contributed by atoms with Crippen molar-refractivity contribution < 1.29 is 5.21 Å². The van der Waals surface area contributed by atoms with E-state index in [1.54, 1.807) is 0 Å². The van der Waals surface area contributed by atoms with Gasteiger partial charge in [0.15, 0.2) is 0 Å². The van der Waals surface area contributed by atoms with Crippen LogP contribution < -0.4 is 0 Å². The van der Waals surface area contributed by atoms with Crippen LogP contribution in [0.2, 0.25) is 0 Å². The minimum absolute atomic E-state index is 1.01. The van der Waals surface area contributed by atoms with E-state index in [4.69, 9.17) is 0 Å². The fraction of sp³-hybridized carbons (Fsp3) is 0.963. The van der Waals surface area contributed by atoms with E-state index >= 15 is 0 Å². The molecule has 174 valence electrons. The van der Waals surface area contributed by atoms with Gasteiger partial charge >= 0.3 is 0 Å². The molecule has 2 heteroatoms. The maximum Gasteiger partial charge on any atom is 0.0570 e. The van der Waals surface area contributed by atoms with Gasteiger partial charge in [-0.2, -0.15) is 0 Å². The van der Waals surface area contributed by atoms with Crippen LogP contribution in [0.5, 0.6) is 0 Å². The number of rotatable bonds is 24. The highest BCUT2D eigenvalue weighted by atomic mass is 16.4. The summed E-state index contributed by atoms with van der Waals surface area (Å²) in [5.41, 5.74) is 1.04. The van der Waals surface area contributed by atoms with Gasteiger partial charge in [-0.15, -0.1) is 0 Å². The normalized spacial score (nSPS) is 11.1. The molecule has 0 fully saturated rings. The Bertz CT molecular complexity index is 298. The second-order valence-electron chi connectivity index (χ2n) is 9.24. The van der Waals surface area contributed by atoms with Crippen molar-refractivity contribution in [1.29, 1.82) is 0 Å². The number of unbranched alkanes of at least 4 members (excludes halogenated alkanes) is 20. The first kappa shape index (κ1) is 28.5. The Hall–Kier alpha value is -0.530. The van der Waals surface area contributed by atoms with Crippen LogP contribution >= 0.6 is 0 Å². The summed E-state index contributed by atoms with van der Waals surface area (Å²) in [5.74, 6) is 0. The predicted octanol–water partition coefficient (Wildman–Crippen LogP) is 10.2. The predicted molar refractivity (Wildman–Crippen MR) is 131 cm³/mol. The molecule has 0 saturated heterocycles. The van der Waals surface area contributed by atoms with E-state index in [1.165, 1.54) is 141 Å². The van der Waals surface area contributed by atoms with Crippen LogP contribution in [-0.4, -0.2) is 10.9 Å². The molecule has 0 bridgehead atoms. The van der Waals surface area contributed by atoms with Gasteiger partial charge in [-0.25, -0.2) is 0 Å². The van der Waals surface area contributed by atoms with E-state index in [9.17, 15) is 5.21 Å². The molecule has 0 unspecified atom stereocenters. The lowest BCUT2D eigenvalue weighted by Gasteiger charge is -2.06. The van der Waals surface area contributed by atoms with Gasteiger partial charge in [0.05, 0.1) is 5.71 Å². The molecule has 0 saturated carbocycles. The van der Waals surface area contributed by atoms with Gasteiger partial charge in [0.2, 0.25) is 0 Å². The van der Waals surface area contributed by atoms with E-state index in [1.807, 2.05) is 0 Å². The van der Waals surface area contributed by atoms with Crippen molar-refractivity contribution in [1.82, 2.24) is 0 Å². The van der Waals surface area contributed by atoms with E-state index < -0.39 is 0 Å². The molecule has 0 heterocycles. The third kappa shape index (κ3) is 23.6. The number of hydrogen-bond donors (Lipinski definition) is 1. The van der Waals surface area contributed by atoms with Crippen LogP contribution in [0.25, 0.3) is 0 Å². The highest BCUT2D eigenvalue weighted by Crippen LogP contribution is 2.15. The molecule has 0 radical (unpaired) electrons. The van der Waals surface area contributed by atoms with Crippen LogP contribution in [0.3, 0.4) is 0 Å². The second-order valence-corrected chi connectivity index (χ2v) is 9.24.